The maximum Gasteiger partial charge on any atom is 0.338 e. The average molecular weight is 559 g/mol. The molecule has 0 unspecified atom stereocenters. The van der Waals surface area contributed by atoms with Gasteiger partial charge in [0.25, 0.3) is 0 Å². The number of nitrogens with one attached hydrogen (secondary N) is 1. The second-order valence-corrected chi connectivity index (χ2v) is 10.9. The first kappa shape index (κ1) is 31.0. The number of benzene rings is 1. The summed E-state index contributed by atoms with van der Waals surface area (Å²) in [5.74, 6) is -1.63. The fourth-order valence-electron chi connectivity index (χ4n) is 4.15. The van der Waals surface area contributed by atoms with E-state index in [0.29, 0.717) is 11.1 Å². The van der Waals surface area contributed by atoms with Crippen molar-refractivity contribution in [1.82, 2.24) is 10.2 Å². The van der Waals surface area contributed by atoms with Gasteiger partial charge >= 0.3 is 11.9 Å². The van der Waals surface area contributed by atoms with E-state index in [9.17, 15) is 24.3 Å². The fourth-order valence-corrected chi connectivity index (χ4v) is 4.15. The molecule has 4 atom stereocenters. The van der Waals surface area contributed by atoms with Crippen LogP contribution in [-0.2, 0) is 33.3 Å². The molecule has 0 bridgehead atoms. The predicted molar refractivity (Wildman–Crippen MR) is 145 cm³/mol. The second-order valence-electron chi connectivity index (χ2n) is 10.9. The van der Waals surface area contributed by atoms with Crippen molar-refractivity contribution in [2.45, 2.75) is 70.0 Å². The van der Waals surface area contributed by atoms with Gasteiger partial charge in [-0.25, -0.2) is 4.79 Å². The van der Waals surface area contributed by atoms with Crippen LogP contribution in [0.4, 0.5) is 0 Å². The van der Waals surface area contributed by atoms with Gasteiger partial charge in [-0.05, 0) is 57.0 Å². The molecule has 0 spiro atoms. The minimum atomic E-state index is -0.780. The number of carbonyl (C=O) groups excluding carboxylic acids is 4. The number of fused-ring (bicyclic) bond motifs is 1. The zero-order valence-corrected chi connectivity index (χ0v) is 23.5. The number of nitrogens with zero attached hydrogens (tertiary/aromatic N) is 1. The summed E-state index contributed by atoms with van der Waals surface area (Å²) < 4.78 is 22.2. The number of amides is 2. The molecule has 0 aromatic heterocycles. The van der Waals surface area contributed by atoms with Gasteiger partial charge in [-0.3, -0.25) is 14.4 Å². The Hall–Kier alpha value is -3.54. The number of hydrogen-bond donors (Lipinski definition) is 2. The number of esters is 2. The molecule has 1 aromatic rings. The topological polar surface area (TPSA) is 141 Å². The number of rotatable bonds is 10. The van der Waals surface area contributed by atoms with E-state index in [1.54, 1.807) is 71.3 Å². The number of aliphatic hydroxyl groups is 1. The molecule has 1 aliphatic heterocycles. The molecule has 0 radical (unpaired) electrons. The highest BCUT2D eigenvalue weighted by molar-refractivity contribution is 5.95. The normalized spacial score (nSPS) is 21.2. The number of hydrogen-bond acceptors (Lipinski definition) is 9. The van der Waals surface area contributed by atoms with Crippen LogP contribution in [0.2, 0.25) is 0 Å². The monoisotopic (exact) mass is 558 g/mol. The van der Waals surface area contributed by atoms with Crippen molar-refractivity contribution in [2.24, 2.45) is 0 Å². The molecule has 2 aliphatic rings. The quantitative estimate of drug-likeness (QED) is 0.326. The second kappa shape index (κ2) is 13.7. The molecular weight excluding hydrogens is 520 g/mol. The Morgan fingerprint density at radius 1 is 1.15 bits per heavy atom. The molecule has 1 aliphatic carbocycles. The number of carbonyl (C=O) groups is 4. The average Bonchev–Trinajstić information content (AvgIpc) is 3.38. The summed E-state index contributed by atoms with van der Waals surface area (Å²) in [5, 5.41) is 12.5. The van der Waals surface area contributed by atoms with Crippen LogP contribution >= 0.6 is 0 Å². The van der Waals surface area contributed by atoms with Crippen LogP contribution in [0.5, 0.6) is 0 Å². The van der Waals surface area contributed by atoms with Gasteiger partial charge in [-0.2, -0.15) is 0 Å². The zero-order chi connectivity index (χ0) is 29.4. The van der Waals surface area contributed by atoms with Gasteiger partial charge in [0.1, 0.15) is 30.7 Å². The van der Waals surface area contributed by atoms with Crippen LogP contribution in [-0.4, -0.2) is 91.2 Å². The number of ether oxygens (including phenoxy) is 4. The number of aliphatic hydroxyl groups excluding tert-OH is 1. The summed E-state index contributed by atoms with van der Waals surface area (Å²) in [6.45, 7) is 4.93. The van der Waals surface area contributed by atoms with Gasteiger partial charge in [0.05, 0.1) is 18.2 Å². The van der Waals surface area contributed by atoms with E-state index in [2.05, 4.69) is 5.32 Å². The smallest absolute Gasteiger partial charge is 0.338 e. The molecule has 0 saturated carbocycles. The first-order valence-corrected chi connectivity index (χ1v) is 13.1. The molecule has 40 heavy (non-hydrogen) atoms. The first-order chi connectivity index (χ1) is 18.9. The maximum atomic E-state index is 13.0. The van der Waals surface area contributed by atoms with Crippen molar-refractivity contribution in [3.8, 4) is 0 Å². The van der Waals surface area contributed by atoms with E-state index < -0.39 is 47.8 Å². The molecule has 11 heteroatoms. The van der Waals surface area contributed by atoms with Crippen LogP contribution in [0.15, 0.2) is 42.0 Å². The fraction of sp³-hybridized carbons (Fsp3) is 0.517. The van der Waals surface area contributed by atoms with Crippen molar-refractivity contribution >= 4 is 29.8 Å². The highest BCUT2D eigenvalue weighted by Crippen LogP contribution is 2.31. The van der Waals surface area contributed by atoms with E-state index in [1.807, 2.05) is 0 Å². The molecule has 2 amide bonds. The van der Waals surface area contributed by atoms with Crippen molar-refractivity contribution < 1.29 is 43.2 Å². The lowest BCUT2D eigenvalue weighted by atomic mass is 9.91. The molecule has 1 heterocycles. The third kappa shape index (κ3) is 9.00. The van der Waals surface area contributed by atoms with Crippen molar-refractivity contribution in [3.05, 3.63) is 53.1 Å². The minimum Gasteiger partial charge on any atom is -0.460 e. The molecule has 1 saturated heterocycles. The summed E-state index contributed by atoms with van der Waals surface area (Å²) in [7, 11) is 3.31. The minimum absolute atomic E-state index is 0.00334. The van der Waals surface area contributed by atoms with Crippen LogP contribution in [0.1, 0.15) is 56.0 Å². The Morgan fingerprint density at radius 2 is 1.85 bits per heavy atom. The molecule has 11 nitrogen and oxygen atoms in total. The Bertz CT molecular complexity index is 1140. The van der Waals surface area contributed by atoms with E-state index in [4.69, 9.17) is 18.9 Å². The molecule has 3 rings (SSSR count). The standard InChI is InChI=1S/C29H38N2O9/c1-29(2,3)40-25(34)13-11-21(16-32)30-27(35)20-14-22-26(38-17-37-22)23(15-20)39-28(36)19-9-6-18(7-10-19)8-12-24(33)31(4)5/h6-10,12,14,21-23,26,32H,11,13,15-17H2,1-5H3,(H,30,35)/t21-,22+,23+,26+/m0/s1. The van der Waals surface area contributed by atoms with Gasteiger partial charge in [-0.1, -0.05) is 12.1 Å². The first-order valence-electron chi connectivity index (χ1n) is 13.1. The summed E-state index contributed by atoms with van der Waals surface area (Å²) in [5.41, 5.74) is 0.740. The van der Waals surface area contributed by atoms with Gasteiger partial charge in [-0.15, -0.1) is 0 Å². The molecular formula is C29H38N2O9. The third-order valence-electron chi connectivity index (χ3n) is 6.23. The Kier molecular flexibility index (Phi) is 10.6. The third-order valence-corrected chi connectivity index (χ3v) is 6.23. The van der Waals surface area contributed by atoms with Gasteiger partial charge in [0.15, 0.2) is 0 Å². The van der Waals surface area contributed by atoms with Crippen molar-refractivity contribution in [1.29, 1.82) is 0 Å². The van der Waals surface area contributed by atoms with Gasteiger partial charge < -0.3 is 34.3 Å². The van der Waals surface area contributed by atoms with Crippen molar-refractivity contribution in [3.63, 3.8) is 0 Å². The van der Waals surface area contributed by atoms with Crippen LogP contribution in [0, 0.1) is 0 Å². The van der Waals surface area contributed by atoms with Gasteiger partial charge in [0, 0.05) is 38.6 Å². The van der Waals surface area contributed by atoms with Crippen LogP contribution < -0.4 is 5.32 Å². The lowest BCUT2D eigenvalue weighted by Crippen LogP contribution is -2.45. The summed E-state index contributed by atoms with van der Waals surface area (Å²) >= 11 is 0. The van der Waals surface area contributed by atoms with E-state index in [-0.39, 0.29) is 38.6 Å². The van der Waals surface area contributed by atoms with Crippen LogP contribution in [0.3, 0.4) is 0 Å². The SMILES string of the molecule is CN(C)C(=O)C=Cc1ccc(C(=O)O[C@@H]2CC(C(=O)N[C@H](CO)CCC(=O)OC(C)(C)C)=C[C@H]3OCO[C@H]32)cc1. The lowest BCUT2D eigenvalue weighted by molar-refractivity contribution is -0.155. The Labute approximate surface area is 234 Å². The molecule has 218 valence electrons. The highest BCUT2D eigenvalue weighted by atomic mass is 16.7. The summed E-state index contributed by atoms with van der Waals surface area (Å²) in [6, 6.07) is 5.91. The summed E-state index contributed by atoms with van der Waals surface area (Å²) in [6.07, 6.45) is 3.10. The summed E-state index contributed by atoms with van der Waals surface area (Å²) in [4.78, 5) is 51.2. The van der Waals surface area contributed by atoms with Gasteiger partial charge in [0.2, 0.25) is 11.8 Å². The van der Waals surface area contributed by atoms with Crippen LogP contribution in [0.25, 0.3) is 6.08 Å². The van der Waals surface area contributed by atoms with E-state index >= 15 is 0 Å². The maximum absolute atomic E-state index is 13.0. The van der Waals surface area contributed by atoms with Crippen molar-refractivity contribution in [2.75, 3.05) is 27.5 Å². The highest BCUT2D eigenvalue weighted by Gasteiger charge is 2.42. The largest absolute Gasteiger partial charge is 0.460 e. The Balaban J connectivity index is 1.61. The Morgan fingerprint density at radius 3 is 2.48 bits per heavy atom. The lowest BCUT2D eigenvalue weighted by Gasteiger charge is -2.30. The van der Waals surface area contributed by atoms with E-state index in [1.165, 1.54) is 11.0 Å². The zero-order valence-electron chi connectivity index (χ0n) is 23.5. The predicted octanol–water partition coefficient (Wildman–Crippen LogP) is 1.98. The molecule has 1 aromatic carbocycles. The molecule has 2 N–H and O–H groups in total. The van der Waals surface area contributed by atoms with E-state index in [0.717, 1.165) is 5.56 Å². The number of likely N-dealkylation sites (N-methyl/N-ethyl adjacent to an activating group) is 1. The molecule has 1 fully saturated rings.